The highest BCUT2D eigenvalue weighted by Crippen LogP contribution is 2.29. The second-order valence-electron chi connectivity index (χ2n) is 6.73. The molecule has 0 N–H and O–H groups in total. The Balaban J connectivity index is 1.65. The number of benzene rings is 1. The van der Waals surface area contributed by atoms with Gasteiger partial charge in [0, 0.05) is 30.7 Å². The van der Waals surface area contributed by atoms with Crippen LogP contribution in [0.15, 0.2) is 24.3 Å². The smallest absolute Gasteiger partial charge is 0.169 e. The number of rotatable bonds is 4. The molecule has 130 valence electrons. The maximum absolute atomic E-state index is 13.0. The van der Waals surface area contributed by atoms with Gasteiger partial charge in [-0.1, -0.05) is 12.2 Å². The number of carbonyl (C=O) groups excluding carboxylic acids is 1. The number of halogens is 1. The molecule has 3 nitrogen and oxygen atoms in total. The largest absolute Gasteiger partial charge is 0.381 e. The third kappa shape index (κ3) is 4.19. The van der Waals surface area contributed by atoms with E-state index in [1.807, 2.05) is 0 Å². The molecule has 2 fully saturated rings. The van der Waals surface area contributed by atoms with E-state index in [0.29, 0.717) is 17.5 Å². The van der Waals surface area contributed by atoms with Crippen molar-refractivity contribution >= 4 is 23.0 Å². The number of hydrogen-bond donors (Lipinski definition) is 0. The number of thiocarbonyl (C=S) groups is 1. The fourth-order valence-electron chi connectivity index (χ4n) is 3.80. The van der Waals surface area contributed by atoms with Gasteiger partial charge in [-0.05, 0) is 56.4 Å². The zero-order valence-corrected chi connectivity index (χ0v) is 14.7. The summed E-state index contributed by atoms with van der Waals surface area (Å²) in [6, 6.07) is 6.09. The number of hydrogen-bond acceptors (Lipinski definition) is 3. The van der Waals surface area contributed by atoms with Gasteiger partial charge in [-0.2, -0.15) is 0 Å². The van der Waals surface area contributed by atoms with Gasteiger partial charge in [-0.3, -0.25) is 4.79 Å². The molecule has 0 saturated carbocycles. The summed E-state index contributed by atoms with van der Waals surface area (Å²) in [5.41, 5.74) is 0.522. The third-order valence-electron chi connectivity index (χ3n) is 5.09. The Hall–Kier alpha value is -1.33. The first-order valence-electron chi connectivity index (χ1n) is 8.81. The fraction of sp³-hybridized carbons (Fsp3) is 0.579. The number of piperidine rings is 1. The van der Waals surface area contributed by atoms with Gasteiger partial charge in [0.25, 0.3) is 0 Å². The van der Waals surface area contributed by atoms with Gasteiger partial charge < -0.3 is 9.64 Å². The lowest BCUT2D eigenvalue weighted by molar-refractivity contribution is 0.0155. The highest BCUT2D eigenvalue weighted by atomic mass is 32.1. The van der Waals surface area contributed by atoms with Gasteiger partial charge in [-0.15, -0.1) is 0 Å². The number of ketones is 1. The maximum Gasteiger partial charge on any atom is 0.169 e. The summed E-state index contributed by atoms with van der Waals surface area (Å²) < 4.78 is 18.7. The minimum absolute atomic E-state index is 0.0378. The van der Waals surface area contributed by atoms with Crippen molar-refractivity contribution in [1.29, 1.82) is 0 Å². The molecule has 2 unspecified atom stereocenters. The Morgan fingerprint density at radius 3 is 2.71 bits per heavy atom. The topological polar surface area (TPSA) is 29.5 Å². The summed E-state index contributed by atoms with van der Waals surface area (Å²) in [5.74, 6) is 0.143. The lowest BCUT2D eigenvalue weighted by Crippen LogP contribution is -2.49. The number of carbonyl (C=O) groups is 1. The molecule has 0 radical (unpaired) electrons. The summed E-state index contributed by atoms with van der Waals surface area (Å²) in [4.78, 5) is 15.4. The average Bonchev–Trinajstić information content (AvgIpc) is 2.63. The summed E-state index contributed by atoms with van der Waals surface area (Å²) in [7, 11) is 0. The standard InChI is InChI=1S/C19H24FNO2S/c20-16-8-6-14(7-9-16)18(22)12-19(24)21-10-2-1-5-17(21)15-4-3-11-23-13-15/h6-9,15,17H,1-5,10-13H2. The van der Waals surface area contributed by atoms with Gasteiger partial charge in [0.05, 0.1) is 18.0 Å². The molecular weight excluding hydrogens is 325 g/mol. The Morgan fingerprint density at radius 1 is 1.21 bits per heavy atom. The molecule has 1 aromatic carbocycles. The minimum Gasteiger partial charge on any atom is -0.381 e. The Kier molecular flexibility index (Phi) is 5.95. The van der Waals surface area contributed by atoms with Gasteiger partial charge in [0.15, 0.2) is 5.78 Å². The van der Waals surface area contributed by atoms with Crippen molar-refractivity contribution in [3.05, 3.63) is 35.6 Å². The van der Waals surface area contributed by atoms with Crippen LogP contribution in [0.5, 0.6) is 0 Å². The van der Waals surface area contributed by atoms with Crippen molar-refractivity contribution in [2.45, 2.75) is 44.6 Å². The van der Waals surface area contributed by atoms with Crippen LogP contribution >= 0.6 is 12.2 Å². The van der Waals surface area contributed by atoms with Crippen LogP contribution in [0, 0.1) is 11.7 Å². The van der Waals surface area contributed by atoms with Crippen LogP contribution in [-0.4, -0.2) is 41.5 Å². The van der Waals surface area contributed by atoms with Gasteiger partial charge in [0.2, 0.25) is 0 Å². The van der Waals surface area contributed by atoms with E-state index in [1.165, 1.54) is 37.1 Å². The molecule has 2 heterocycles. The number of nitrogens with zero attached hydrogens (tertiary/aromatic N) is 1. The van der Waals surface area contributed by atoms with E-state index in [2.05, 4.69) is 4.90 Å². The van der Waals surface area contributed by atoms with E-state index >= 15 is 0 Å². The number of ether oxygens (including phenoxy) is 1. The van der Waals surface area contributed by atoms with Crippen LogP contribution in [0.3, 0.4) is 0 Å². The highest BCUT2D eigenvalue weighted by Gasteiger charge is 2.33. The van der Waals surface area contributed by atoms with E-state index in [0.717, 1.165) is 44.0 Å². The Bertz CT molecular complexity index is 584. The molecule has 2 aliphatic heterocycles. The quantitative estimate of drug-likeness (QED) is 0.607. The first-order valence-corrected chi connectivity index (χ1v) is 9.22. The molecule has 1 aromatic rings. The molecular formula is C19H24FNO2S. The Labute approximate surface area is 148 Å². The van der Waals surface area contributed by atoms with Crippen LogP contribution in [-0.2, 0) is 4.74 Å². The van der Waals surface area contributed by atoms with Gasteiger partial charge in [-0.25, -0.2) is 4.39 Å². The molecule has 0 bridgehead atoms. The van der Waals surface area contributed by atoms with Crippen molar-refractivity contribution in [3.63, 3.8) is 0 Å². The molecule has 5 heteroatoms. The second kappa shape index (κ2) is 8.17. The molecule has 2 aliphatic rings. The normalized spacial score (nSPS) is 24.6. The first-order chi connectivity index (χ1) is 11.6. The monoisotopic (exact) mass is 349 g/mol. The van der Waals surface area contributed by atoms with E-state index in [1.54, 1.807) is 0 Å². The molecule has 0 aliphatic carbocycles. The SMILES string of the molecule is O=C(CC(=S)N1CCCCC1C1CCCOC1)c1ccc(F)cc1. The van der Waals surface area contributed by atoms with Crippen LogP contribution < -0.4 is 0 Å². The minimum atomic E-state index is -0.331. The lowest BCUT2D eigenvalue weighted by atomic mass is 9.86. The average molecular weight is 349 g/mol. The zero-order valence-electron chi connectivity index (χ0n) is 13.9. The molecule has 3 rings (SSSR count). The third-order valence-corrected chi connectivity index (χ3v) is 5.47. The molecule has 0 amide bonds. The lowest BCUT2D eigenvalue weighted by Gasteiger charge is -2.43. The van der Waals surface area contributed by atoms with Crippen LogP contribution in [0.2, 0.25) is 0 Å². The van der Waals surface area contributed by atoms with Crippen molar-refractivity contribution in [2.24, 2.45) is 5.92 Å². The van der Waals surface area contributed by atoms with Crippen LogP contribution in [0.1, 0.15) is 48.9 Å². The van der Waals surface area contributed by atoms with Gasteiger partial charge in [0.1, 0.15) is 5.82 Å². The zero-order chi connectivity index (χ0) is 16.9. The molecule has 2 atom stereocenters. The number of Topliss-reactive ketones (excluding diaryl/α,β-unsaturated/α-hetero) is 1. The maximum atomic E-state index is 13.0. The van der Waals surface area contributed by atoms with Crippen LogP contribution in [0.25, 0.3) is 0 Å². The summed E-state index contributed by atoms with van der Waals surface area (Å²) >= 11 is 5.61. The van der Waals surface area contributed by atoms with E-state index < -0.39 is 0 Å². The summed E-state index contributed by atoms with van der Waals surface area (Å²) in [5, 5.41) is 0. The predicted molar refractivity (Wildman–Crippen MR) is 95.8 cm³/mol. The van der Waals surface area contributed by atoms with Crippen molar-refractivity contribution in [3.8, 4) is 0 Å². The van der Waals surface area contributed by atoms with E-state index in [4.69, 9.17) is 17.0 Å². The number of likely N-dealkylation sites (tertiary alicyclic amines) is 1. The Morgan fingerprint density at radius 2 is 2.00 bits per heavy atom. The van der Waals surface area contributed by atoms with Crippen LogP contribution in [0.4, 0.5) is 4.39 Å². The predicted octanol–water partition coefficient (Wildman–Crippen LogP) is 4.01. The summed E-state index contributed by atoms with van der Waals surface area (Å²) in [6.45, 7) is 2.59. The van der Waals surface area contributed by atoms with Crippen molar-refractivity contribution < 1.29 is 13.9 Å². The second-order valence-corrected chi connectivity index (χ2v) is 7.21. The fourth-order valence-corrected chi connectivity index (χ4v) is 4.16. The molecule has 0 spiro atoms. The van der Waals surface area contributed by atoms with E-state index in [-0.39, 0.29) is 18.0 Å². The van der Waals surface area contributed by atoms with Gasteiger partial charge >= 0.3 is 0 Å². The first kappa shape index (κ1) is 17.5. The molecule has 0 aromatic heterocycles. The van der Waals surface area contributed by atoms with Crippen molar-refractivity contribution in [1.82, 2.24) is 4.90 Å². The highest BCUT2D eigenvalue weighted by molar-refractivity contribution is 7.80. The van der Waals surface area contributed by atoms with Crippen molar-refractivity contribution in [2.75, 3.05) is 19.8 Å². The molecule has 24 heavy (non-hydrogen) atoms. The molecule has 2 saturated heterocycles. The van der Waals surface area contributed by atoms with E-state index in [9.17, 15) is 9.18 Å². The summed E-state index contributed by atoms with van der Waals surface area (Å²) in [6.07, 6.45) is 5.97.